The van der Waals surface area contributed by atoms with Crippen LogP contribution in [0.4, 0.5) is 0 Å². The fourth-order valence-corrected chi connectivity index (χ4v) is 4.28. The summed E-state index contributed by atoms with van der Waals surface area (Å²) in [7, 11) is 0. The number of aromatic nitrogens is 1. The van der Waals surface area contributed by atoms with Crippen LogP contribution < -0.4 is 16.1 Å². The SMILES string of the molecule is Cc1ccc2[nH]c(C(=O)NCC(c3ccccc3)C3CCNCC3)cc(=O)c2c1. The largest absolute Gasteiger partial charge is 0.350 e. The predicted octanol–water partition coefficient (Wildman–Crippen LogP) is 3.35. The molecule has 1 fully saturated rings. The summed E-state index contributed by atoms with van der Waals surface area (Å²) in [5, 5.41) is 7.09. The van der Waals surface area contributed by atoms with E-state index in [1.54, 1.807) is 0 Å². The Balaban J connectivity index is 1.54. The van der Waals surface area contributed by atoms with Crippen molar-refractivity contribution in [2.24, 2.45) is 5.92 Å². The van der Waals surface area contributed by atoms with Crippen LogP contribution in [0.25, 0.3) is 10.9 Å². The van der Waals surface area contributed by atoms with Crippen molar-refractivity contribution in [1.82, 2.24) is 15.6 Å². The van der Waals surface area contributed by atoms with Crippen LogP contribution in [0.1, 0.15) is 40.4 Å². The molecule has 0 spiro atoms. The van der Waals surface area contributed by atoms with Gasteiger partial charge in [-0.2, -0.15) is 0 Å². The molecule has 5 nitrogen and oxygen atoms in total. The van der Waals surface area contributed by atoms with E-state index in [0.717, 1.165) is 31.5 Å². The summed E-state index contributed by atoms with van der Waals surface area (Å²) in [5.41, 5.74) is 3.13. The summed E-state index contributed by atoms with van der Waals surface area (Å²) in [6.07, 6.45) is 2.20. The second-order valence-electron chi connectivity index (χ2n) is 7.91. The monoisotopic (exact) mass is 389 g/mol. The molecular weight excluding hydrogens is 362 g/mol. The van der Waals surface area contributed by atoms with Crippen molar-refractivity contribution >= 4 is 16.8 Å². The Kier molecular flexibility index (Phi) is 5.76. The molecule has 1 unspecified atom stereocenters. The molecule has 1 amide bonds. The van der Waals surface area contributed by atoms with Gasteiger partial charge >= 0.3 is 0 Å². The van der Waals surface area contributed by atoms with Crippen molar-refractivity contribution in [3.8, 4) is 0 Å². The maximum atomic E-state index is 12.8. The van der Waals surface area contributed by atoms with Gasteiger partial charge in [0.1, 0.15) is 5.69 Å². The van der Waals surface area contributed by atoms with Crippen LogP contribution in [0.5, 0.6) is 0 Å². The number of pyridine rings is 1. The number of fused-ring (bicyclic) bond motifs is 1. The molecule has 150 valence electrons. The number of hydrogen-bond acceptors (Lipinski definition) is 3. The standard InChI is InChI=1S/C24H27N3O2/c1-16-7-8-21-19(13-16)23(28)14-22(27-21)24(29)26-15-20(17-5-3-2-4-6-17)18-9-11-25-12-10-18/h2-8,13-14,18,20,25H,9-12,15H2,1H3,(H,26,29)(H,27,28). The minimum absolute atomic E-state index is 0.134. The van der Waals surface area contributed by atoms with E-state index < -0.39 is 0 Å². The summed E-state index contributed by atoms with van der Waals surface area (Å²) in [4.78, 5) is 28.4. The van der Waals surface area contributed by atoms with Crippen molar-refractivity contribution in [2.75, 3.05) is 19.6 Å². The fourth-order valence-electron chi connectivity index (χ4n) is 4.28. The molecule has 5 heteroatoms. The Morgan fingerprint density at radius 2 is 1.86 bits per heavy atom. The molecule has 1 saturated heterocycles. The zero-order valence-corrected chi connectivity index (χ0v) is 16.7. The van der Waals surface area contributed by atoms with E-state index in [9.17, 15) is 9.59 Å². The lowest BCUT2D eigenvalue weighted by molar-refractivity contribution is 0.0942. The van der Waals surface area contributed by atoms with Gasteiger partial charge in [-0.15, -0.1) is 0 Å². The van der Waals surface area contributed by atoms with Crippen LogP contribution >= 0.6 is 0 Å². The zero-order chi connectivity index (χ0) is 20.2. The van der Waals surface area contributed by atoms with E-state index in [2.05, 4.69) is 27.8 Å². The lowest BCUT2D eigenvalue weighted by Crippen LogP contribution is -2.37. The number of carbonyl (C=O) groups is 1. The van der Waals surface area contributed by atoms with Gasteiger partial charge in [0.05, 0.1) is 0 Å². The van der Waals surface area contributed by atoms with Crippen LogP contribution in [0.2, 0.25) is 0 Å². The van der Waals surface area contributed by atoms with E-state index >= 15 is 0 Å². The molecule has 2 heterocycles. The Morgan fingerprint density at radius 3 is 2.62 bits per heavy atom. The van der Waals surface area contributed by atoms with Gasteiger partial charge in [-0.3, -0.25) is 9.59 Å². The van der Waals surface area contributed by atoms with Crippen LogP contribution in [-0.2, 0) is 0 Å². The van der Waals surface area contributed by atoms with Crippen LogP contribution in [0.3, 0.4) is 0 Å². The average molecular weight is 389 g/mol. The number of benzene rings is 2. The summed E-state index contributed by atoms with van der Waals surface area (Å²) < 4.78 is 0. The van der Waals surface area contributed by atoms with Gasteiger partial charge in [0.2, 0.25) is 0 Å². The second kappa shape index (κ2) is 8.62. The number of rotatable bonds is 5. The highest BCUT2D eigenvalue weighted by molar-refractivity contribution is 5.94. The molecule has 1 aliphatic rings. The fraction of sp³-hybridized carbons (Fsp3) is 0.333. The van der Waals surface area contributed by atoms with Gasteiger partial charge < -0.3 is 15.6 Å². The third-order valence-corrected chi connectivity index (χ3v) is 5.89. The van der Waals surface area contributed by atoms with Crippen molar-refractivity contribution in [3.05, 3.63) is 81.6 Å². The van der Waals surface area contributed by atoms with Gasteiger partial charge in [-0.1, -0.05) is 42.0 Å². The first kappa shape index (κ1) is 19.4. The maximum absolute atomic E-state index is 12.8. The molecule has 1 aliphatic heterocycles. The highest BCUT2D eigenvalue weighted by Gasteiger charge is 2.25. The lowest BCUT2D eigenvalue weighted by Gasteiger charge is -2.31. The van der Waals surface area contributed by atoms with Gasteiger partial charge in [-0.05, 0) is 56.5 Å². The average Bonchev–Trinajstić information content (AvgIpc) is 2.75. The predicted molar refractivity (Wildman–Crippen MR) is 116 cm³/mol. The van der Waals surface area contributed by atoms with E-state index in [-0.39, 0.29) is 17.3 Å². The number of piperidine rings is 1. The van der Waals surface area contributed by atoms with E-state index in [1.165, 1.54) is 11.6 Å². The first-order valence-electron chi connectivity index (χ1n) is 10.3. The number of aromatic amines is 1. The van der Waals surface area contributed by atoms with Crippen LogP contribution in [0.15, 0.2) is 59.4 Å². The minimum Gasteiger partial charge on any atom is -0.350 e. The van der Waals surface area contributed by atoms with Gasteiger partial charge in [-0.25, -0.2) is 0 Å². The Morgan fingerprint density at radius 1 is 1.10 bits per heavy atom. The summed E-state index contributed by atoms with van der Waals surface area (Å²) in [5.74, 6) is 0.550. The van der Waals surface area contributed by atoms with Crippen molar-refractivity contribution in [1.29, 1.82) is 0 Å². The molecule has 0 saturated carbocycles. The molecule has 1 aromatic heterocycles. The molecule has 29 heavy (non-hydrogen) atoms. The zero-order valence-electron chi connectivity index (χ0n) is 16.7. The topological polar surface area (TPSA) is 74.0 Å². The first-order chi connectivity index (χ1) is 14.1. The van der Waals surface area contributed by atoms with Crippen molar-refractivity contribution in [2.45, 2.75) is 25.7 Å². The number of nitrogens with one attached hydrogen (secondary N) is 3. The third-order valence-electron chi connectivity index (χ3n) is 5.89. The van der Waals surface area contributed by atoms with Gasteiger partial charge in [0.15, 0.2) is 5.43 Å². The number of H-pyrrole nitrogens is 1. The summed E-state index contributed by atoms with van der Waals surface area (Å²) >= 11 is 0. The molecule has 1 atom stereocenters. The molecule has 4 rings (SSSR count). The van der Waals surface area contributed by atoms with Crippen LogP contribution in [0, 0.1) is 12.8 Å². The first-order valence-corrected chi connectivity index (χ1v) is 10.3. The minimum atomic E-state index is -0.237. The summed E-state index contributed by atoms with van der Waals surface area (Å²) in [6, 6.07) is 17.4. The molecule has 3 aromatic rings. The highest BCUT2D eigenvalue weighted by atomic mass is 16.2. The molecule has 2 aromatic carbocycles. The lowest BCUT2D eigenvalue weighted by atomic mass is 9.80. The van der Waals surface area contributed by atoms with E-state index in [4.69, 9.17) is 0 Å². The highest BCUT2D eigenvalue weighted by Crippen LogP contribution is 2.30. The molecule has 0 radical (unpaired) electrons. The van der Waals surface area contributed by atoms with Gasteiger partial charge in [0.25, 0.3) is 5.91 Å². The quantitative estimate of drug-likeness (QED) is 0.626. The maximum Gasteiger partial charge on any atom is 0.267 e. The third kappa shape index (κ3) is 4.40. The van der Waals surface area contributed by atoms with Crippen molar-refractivity contribution < 1.29 is 4.79 Å². The van der Waals surface area contributed by atoms with Crippen molar-refractivity contribution in [3.63, 3.8) is 0 Å². The number of carbonyl (C=O) groups excluding carboxylic acids is 1. The van der Waals surface area contributed by atoms with E-state index in [0.29, 0.717) is 29.1 Å². The molecular formula is C24H27N3O2. The van der Waals surface area contributed by atoms with Crippen LogP contribution in [-0.4, -0.2) is 30.5 Å². The number of hydrogen-bond donors (Lipinski definition) is 3. The molecule has 0 aliphatic carbocycles. The number of amides is 1. The Bertz CT molecular complexity index is 1050. The Hall–Kier alpha value is -2.92. The smallest absolute Gasteiger partial charge is 0.267 e. The normalized spacial score (nSPS) is 15.9. The summed E-state index contributed by atoms with van der Waals surface area (Å²) in [6.45, 7) is 4.53. The molecule has 0 bridgehead atoms. The van der Waals surface area contributed by atoms with E-state index in [1.807, 2.05) is 43.3 Å². The molecule has 3 N–H and O–H groups in total. The Labute approximate surface area is 170 Å². The second-order valence-corrected chi connectivity index (χ2v) is 7.91. The number of aryl methyl sites for hydroxylation is 1. The van der Waals surface area contributed by atoms with Gasteiger partial charge in [0, 0.05) is 29.4 Å².